The molecule has 0 bridgehead atoms. The summed E-state index contributed by atoms with van der Waals surface area (Å²) in [5, 5.41) is 22.7. The predicted octanol–water partition coefficient (Wildman–Crippen LogP) is 2.70. The van der Waals surface area contributed by atoms with E-state index in [0.29, 0.717) is 12.8 Å². The Balaban J connectivity index is 1.60. The largest absolute Gasteiger partial charge is 0.508 e. The van der Waals surface area contributed by atoms with Crippen LogP contribution in [0.5, 0.6) is 5.75 Å². The van der Waals surface area contributed by atoms with Crippen molar-refractivity contribution in [1.82, 2.24) is 0 Å². The lowest BCUT2D eigenvalue weighted by Crippen LogP contribution is -2.59. The minimum absolute atomic E-state index is 0.0240. The number of hydrogen-bond donors (Lipinski definition) is 2. The van der Waals surface area contributed by atoms with Crippen LogP contribution in [0.25, 0.3) is 10.8 Å². The van der Waals surface area contributed by atoms with Crippen molar-refractivity contribution in [1.29, 1.82) is 0 Å². The summed E-state index contributed by atoms with van der Waals surface area (Å²) in [5.74, 6) is -1.16. The van der Waals surface area contributed by atoms with Gasteiger partial charge in [-0.2, -0.15) is 0 Å². The van der Waals surface area contributed by atoms with Crippen molar-refractivity contribution in [3.63, 3.8) is 0 Å². The Morgan fingerprint density at radius 1 is 1.11 bits per heavy atom. The number of benzene rings is 2. The average molecular weight is 366 g/mol. The Bertz CT molecular complexity index is 980. The van der Waals surface area contributed by atoms with Crippen LogP contribution in [0.1, 0.15) is 36.8 Å². The lowest BCUT2D eigenvalue weighted by Gasteiger charge is -2.47. The second-order valence-electron chi connectivity index (χ2n) is 8.23. The molecule has 2 aliphatic carbocycles. The molecule has 0 aromatic heterocycles. The summed E-state index contributed by atoms with van der Waals surface area (Å²) < 4.78 is 5.19. The number of phenolic OH excluding ortho intramolecular Hbond substituents is 1. The van der Waals surface area contributed by atoms with E-state index in [-0.39, 0.29) is 42.3 Å². The molecule has 5 rings (SSSR count). The molecule has 5 nitrogen and oxygen atoms in total. The van der Waals surface area contributed by atoms with Gasteiger partial charge in [-0.25, -0.2) is 4.79 Å². The van der Waals surface area contributed by atoms with Crippen molar-refractivity contribution in [2.45, 2.75) is 37.7 Å². The zero-order valence-electron chi connectivity index (χ0n) is 15.1. The molecular weight excluding hydrogens is 344 g/mol. The van der Waals surface area contributed by atoms with Crippen molar-refractivity contribution in [3.05, 3.63) is 41.5 Å². The zero-order valence-corrected chi connectivity index (χ0v) is 15.1. The van der Waals surface area contributed by atoms with Gasteiger partial charge in [0.05, 0.1) is 5.92 Å². The van der Waals surface area contributed by atoms with Crippen molar-refractivity contribution in [2.24, 2.45) is 17.8 Å². The summed E-state index contributed by atoms with van der Waals surface area (Å²) in [6.07, 6.45) is 1.55. The molecule has 140 valence electrons. The van der Waals surface area contributed by atoms with Gasteiger partial charge in [0.2, 0.25) is 0 Å². The van der Waals surface area contributed by atoms with E-state index in [0.717, 1.165) is 21.9 Å². The first-order valence-electron chi connectivity index (χ1n) is 9.61. The van der Waals surface area contributed by atoms with Gasteiger partial charge in [0, 0.05) is 11.8 Å². The summed E-state index contributed by atoms with van der Waals surface area (Å²) in [6, 6.07) is 9.45. The number of cyclic esters (lactones) is 1. The summed E-state index contributed by atoms with van der Waals surface area (Å²) in [5.41, 5.74) is 0.694. The number of hydrogen-bond acceptors (Lipinski definition) is 5. The van der Waals surface area contributed by atoms with Gasteiger partial charge in [-0.15, -0.1) is 0 Å². The molecule has 1 heterocycles. The van der Waals surface area contributed by atoms with Crippen LogP contribution in [-0.4, -0.2) is 34.2 Å². The van der Waals surface area contributed by atoms with Gasteiger partial charge in [0.15, 0.2) is 5.60 Å². The number of rotatable bonds is 1. The van der Waals surface area contributed by atoms with Crippen molar-refractivity contribution in [3.8, 4) is 5.75 Å². The van der Waals surface area contributed by atoms with E-state index >= 15 is 0 Å². The Kier molecular flexibility index (Phi) is 3.44. The van der Waals surface area contributed by atoms with Crippen LogP contribution < -0.4 is 0 Å². The summed E-state index contributed by atoms with van der Waals surface area (Å²) >= 11 is 0. The van der Waals surface area contributed by atoms with E-state index in [1.165, 1.54) is 0 Å². The van der Waals surface area contributed by atoms with Gasteiger partial charge in [0.25, 0.3) is 0 Å². The van der Waals surface area contributed by atoms with E-state index in [9.17, 15) is 19.8 Å². The van der Waals surface area contributed by atoms with Gasteiger partial charge in [-0.1, -0.05) is 25.1 Å². The summed E-state index contributed by atoms with van der Waals surface area (Å²) in [6.45, 7) is 1.85. The highest BCUT2D eigenvalue weighted by Gasteiger charge is 2.59. The molecular formula is C22H22O5. The first-order valence-corrected chi connectivity index (χ1v) is 9.61. The predicted molar refractivity (Wildman–Crippen MR) is 98.4 cm³/mol. The number of esters is 1. The molecule has 0 amide bonds. The number of fused-ring (bicyclic) bond motifs is 5. The van der Waals surface area contributed by atoms with Crippen LogP contribution in [0.4, 0.5) is 0 Å². The van der Waals surface area contributed by atoms with E-state index in [1.807, 2.05) is 6.07 Å². The summed E-state index contributed by atoms with van der Waals surface area (Å²) in [4.78, 5) is 25.5. The fourth-order valence-electron chi connectivity index (χ4n) is 5.54. The molecule has 5 atom stereocenters. The van der Waals surface area contributed by atoms with Gasteiger partial charge < -0.3 is 14.9 Å². The lowest BCUT2D eigenvalue weighted by atomic mass is 9.61. The first-order chi connectivity index (χ1) is 12.9. The Labute approximate surface area is 156 Å². The highest BCUT2D eigenvalue weighted by molar-refractivity contribution is 5.92. The third-order valence-electron chi connectivity index (χ3n) is 7.03. The van der Waals surface area contributed by atoms with Crippen LogP contribution in [0.2, 0.25) is 0 Å². The molecule has 2 fully saturated rings. The van der Waals surface area contributed by atoms with Crippen LogP contribution >= 0.6 is 0 Å². The number of aromatic hydroxyl groups is 1. The number of ketones is 1. The monoisotopic (exact) mass is 366 g/mol. The average Bonchev–Trinajstić information content (AvgIpc) is 3.01. The molecule has 2 aromatic carbocycles. The van der Waals surface area contributed by atoms with Gasteiger partial charge >= 0.3 is 5.97 Å². The van der Waals surface area contributed by atoms with Crippen molar-refractivity contribution < 1.29 is 24.5 Å². The van der Waals surface area contributed by atoms with Crippen molar-refractivity contribution in [2.75, 3.05) is 6.61 Å². The number of phenols is 1. The molecule has 5 heteroatoms. The van der Waals surface area contributed by atoms with Crippen LogP contribution in [0.15, 0.2) is 30.3 Å². The molecule has 3 aliphatic rings. The minimum atomic E-state index is -1.57. The number of carbonyl (C=O) groups excluding carboxylic acids is 2. The molecule has 1 saturated carbocycles. The van der Waals surface area contributed by atoms with Crippen LogP contribution in [-0.2, 0) is 20.7 Å². The van der Waals surface area contributed by atoms with E-state index in [4.69, 9.17) is 4.74 Å². The molecule has 2 aromatic rings. The topological polar surface area (TPSA) is 83.8 Å². The van der Waals surface area contributed by atoms with Crippen LogP contribution in [0.3, 0.4) is 0 Å². The number of carbonyl (C=O) groups is 2. The Hall–Kier alpha value is -2.40. The minimum Gasteiger partial charge on any atom is -0.508 e. The maximum atomic E-state index is 13.2. The third kappa shape index (κ3) is 2.21. The maximum Gasteiger partial charge on any atom is 0.338 e. The number of ether oxygens (including phenoxy) is 1. The smallest absolute Gasteiger partial charge is 0.338 e. The molecule has 0 radical (unpaired) electrons. The van der Waals surface area contributed by atoms with E-state index in [1.54, 1.807) is 19.1 Å². The normalized spacial score (nSPS) is 34.7. The fraction of sp³-hybridized carbons (Fsp3) is 0.455. The molecule has 27 heavy (non-hydrogen) atoms. The number of aliphatic hydroxyl groups is 1. The quantitative estimate of drug-likeness (QED) is 0.758. The zero-order chi connectivity index (χ0) is 18.9. The fourth-order valence-corrected chi connectivity index (χ4v) is 5.54. The molecule has 1 aliphatic heterocycles. The Morgan fingerprint density at radius 2 is 1.93 bits per heavy atom. The highest BCUT2D eigenvalue weighted by Crippen LogP contribution is 2.53. The van der Waals surface area contributed by atoms with E-state index < -0.39 is 17.5 Å². The lowest BCUT2D eigenvalue weighted by molar-refractivity contribution is -0.197. The molecule has 0 spiro atoms. The second kappa shape index (κ2) is 5.55. The van der Waals surface area contributed by atoms with E-state index in [2.05, 4.69) is 12.1 Å². The SMILES string of the molecule is CCC1(O)C(=O)OCC2C(=O)C3Cc4cc5cc(O)ccc5cc4C3CC21. The highest BCUT2D eigenvalue weighted by atomic mass is 16.6. The molecule has 2 N–H and O–H groups in total. The number of Topliss-reactive ketones (excluding diaryl/α,β-unsaturated/α-hetero) is 1. The third-order valence-corrected chi connectivity index (χ3v) is 7.03. The van der Waals surface area contributed by atoms with Gasteiger partial charge in [-0.05, 0) is 59.2 Å². The van der Waals surface area contributed by atoms with Gasteiger partial charge in [-0.3, -0.25) is 4.79 Å². The van der Waals surface area contributed by atoms with Crippen LogP contribution in [0, 0.1) is 17.8 Å². The standard InChI is InChI=1S/C22H22O5/c1-2-22(26)19-9-16-15-7-11-3-4-14(23)6-12(11)5-13(15)8-17(16)20(24)18(19)10-27-21(22)25/h3-7,16-19,23,26H,2,8-10H2,1H3. The second-order valence-corrected chi connectivity index (χ2v) is 8.23. The van der Waals surface area contributed by atoms with Crippen molar-refractivity contribution >= 4 is 22.5 Å². The first kappa shape index (κ1) is 16.8. The maximum absolute atomic E-state index is 13.2. The molecule has 5 unspecified atom stereocenters. The summed E-state index contributed by atoms with van der Waals surface area (Å²) in [7, 11) is 0. The Morgan fingerprint density at radius 3 is 2.70 bits per heavy atom. The molecule has 1 saturated heterocycles. The van der Waals surface area contributed by atoms with Gasteiger partial charge in [0.1, 0.15) is 18.1 Å².